The molecule has 166 valence electrons. The Labute approximate surface area is 186 Å². The van der Waals surface area contributed by atoms with Crippen LogP contribution in [0.4, 0.5) is 4.39 Å². The molecule has 0 aliphatic carbocycles. The van der Waals surface area contributed by atoms with Crippen LogP contribution < -0.4 is 10.9 Å². The topological polar surface area (TPSA) is 115 Å². The van der Waals surface area contributed by atoms with Gasteiger partial charge in [-0.05, 0) is 24.7 Å². The molecule has 1 aromatic carbocycles. The van der Waals surface area contributed by atoms with Gasteiger partial charge in [0.1, 0.15) is 16.9 Å². The van der Waals surface area contributed by atoms with E-state index in [0.29, 0.717) is 41.9 Å². The van der Waals surface area contributed by atoms with Crippen LogP contribution in [0.1, 0.15) is 21.9 Å². The number of nitrogens with one attached hydrogen (secondary N) is 1. The number of halogens is 2. The molecule has 0 atom stereocenters. The average molecular weight is 460 g/mol. The number of pyridine rings is 1. The Kier molecular flexibility index (Phi) is 5.81. The maximum Gasteiger partial charge on any atom is 0.264 e. The molecule has 0 amide bonds. The van der Waals surface area contributed by atoms with Gasteiger partial charge in [-0.2, -0.15) is 0 Å². The van der Waals surface area contributed by atoms with Crippen LogP contribution in [0.25, 0.3) is 22.4 Å². The molecule has 0 saturated carbocycles. The lowest BCUT2D eigenvalue weighted by atomic mass is 10.1. The Bertz CT molecular complexity index is 1390. The van der Waals surface area contributed by atoms with Crippen molar-refractivity contribution < 1.29 is 18.7 Å². The van der Waals surface area contributed by atoms with E-state index in [0.717, 1.165) is 0 Å². The maximum atomic E-state index is 13.6. The van der Waals surface area contributed by atoms with Crippen LogP contribution in [-0.4, -0.2) is 44.3 Å². The number of hydrogen-bond acceptors (Lipinski definition) is 7. The van der Waals surface area contributed by atoms with E-state index in [2.05, 4.69) is 15.5 Å². The summed E-state index contributed by atoms with van der Waals surface area (Å²) in [6.07, 6.45) is 2.01. The molecule has 4 aromatic rings. The standard InChI is InChI=1S/C21H19ClFN5O4/c1-11-25-26-20(32-11)13-9-27(8-12-3-4-15(23)14(22)7-12)21(31)17-18(13)28(6-5-24-2)16(10-29)19(17)30/h3-4,7,9-10,24,30H,5-6,8H2,1-2H3. The minimum atomic E-state index is -0.574. The zero-order valence-electron chi connectivity index (χ0n) is 17.2. The van der Waals surface area contributed by atoms with Crippen LogP contribution in [0, 0.1) is 12.7 Å². The number of benzene rings is 1. The third kappa shape index (κ3) is 3.67. The number of hydrogen-bond donors (Lipinski definition) is 2. The SMILES string of the molecule is CNCCn1c(C=O)c(O)c2c(=O)n(Cc3ccc(F)c(Cl)c3)cc(-c3nnc(C)o3)c21. The quantitative estimate of drug-likeness (QED) is 0.408. The Morgan fingerprint density at radius 1 is 1.34 bits per heavy atom. The number of aryl methyl sites for hydroxylation is 1. The van der Waals surface area contributed by atoms with Gasteiger partial charge in [0, 0.05) is 26.2 Å². The normalized spacial score (nSPS) is 11.4. The van der Waals surface area contributed by atoms with E-state index in [1.807, 2.05) is 0 Å². The van der Waals surface area contributed by atoms with Crippen LogP contribution in [0.5, 0.6) is 5.75 Å². The third-order valence-electron chi connectivity index (χ3n) is 5.08. The highest BCUT2D eigenvalue weighted by Crippen LogP contribution is 2.35. The Morgan fingerprint density at radius 3 is 2.75 bits per heavy atom. The summed E-state index contributed by atoms with van der Waals surface area (Å²) in [7, 11) is 1.75. The second-order valence-electron chi connectivity index (χ2n) is 7.18. The molecule has 4 rings (SSSR count). The van der Waals surface area contributed by atoms with E-state index in [-0.39, 0.29) is 28.5 Å². The summed E-state index contributed by atoms with van der Waals surface area (Å²) in [5.74, 6) is -0.571. The van der Waals surface area contributed by atoms with Gasteiger partial charge >= 0.3 is 0 Å². The monoisotopic (exact) mass is 459 g/mol. The molecular formula is C21H19ClFN5O4. The first-order chi connectivity index (χ1) is 15.3. The highest BCUT2D eigenvalue weighted by atomic mass is 35.5. The van der Waals surface area contributed by atoms with Gasteiger partial charge in [-0.1, -0.05) is 17.7 Å². The lowest BCUT2D eigenvalue weighted by molar-refractivity contribution is 0.111. The van der Waals surface area contributed by atoms with Crippen molar-refractivity contribution >= 4 is 28.8 Å². The van der Waals surface area contributed by atoms with E-state index in [1.165, 1.54) is 29.0 Å². The number of nitrogens with zero attached hydrogens (tertiary/aromatic N) is 4. The molecule has 0 aliphatic heterocycles. The second-order valence-corrected chi connectivity index (χ2v) is 7.59. The first kappa shape index (κ1) is 21.7. The zero-order chi connectivity index (χ0) is 23.0. The second kappa shape index (κ2) is 8.56. The number of carbonyl (C=O) groups is 1. The number of fused-ring (bicyclic) bond motifs is 1. The van der Waals surface area contributed by atoms with Gasteiger partial charge in [-0.25, -0.2) is 4.39 Å². The average Bonchev–Trinajstić information content (AvgIpc) is 3.32. The smallest absolute Gasteiger partial charge is 0.264 e. The summed E-state index contributed by atoms with van der Waals surface area (Å²) in [6.45, 7) is 2.44. The number of likely N-dealkylation sites (N-methyl/N-ethyl adjacent to an activating group) is 1. The van der Waals surface area contributed by atoms with Crippen LogP contribution >= 0.6 is 11.6 Å². The van der Waals surface area contributed by atoms with Crippen molar-refractivity contribution in [1.82, 2.24) is 24.6 Å². The summed E-state index contributed by atoms with van der Waals surface area (Å²) < 4.78 is 22.0. The molecule has 0 unspecified atom stereocenters. The van der Waals surface area contributed by atoms with Gasteiger partial charge in [0.2, 0.25) is 5.89 Å². The number of rotatable bonds is 7. The van der Waals surface area contributed by atoms with Crippen LogP contribution in [-0.2, 0) is 13.1 Å². The van der Waals surface area contributed by atoms with Crippen molar-refractivity contribution in [3.05, 3.63) is 62.7 Å². The van der Waals surface area contributed by atoms with E-state index in [4.69, 9.17) is 16.0 Å². The van der Waals surface area contributed by atoms with E-state index < -0.39 is 17.1 Å². The predicted molar refractivity (Wildman–Crippen MR) is 116 cm³/mol. The number of aromatic nitrogens is 4. The van der Waals surface area contributed by atoms with Crippen LogP contribution in [0.15, 0.2) is 33.6 Å². The minimum absolute atomic E-state index is 0.0342. The number of aldehydes is 1. The fourth-order valence-electron chi connectivity index (χ4n) is 3.61. The minimum Gasteiger partial charge on any atom is -0.505 e. The summed E-state index contributed by atoms with van der Waals surface area (Å²) >= 11 is 5.88. The fourth-order valence-corrected chi connectivity index (χ4v) is 3.82. The molecule has 11 heteroatoms. The van der Waals surface area contributed by atoms with E-state index >= 15 is 0 Å². The van der Waals surface area contributed by atoms with Crippen molar-refractivity contribution in [3.8, 4) is 17.2 Å². The molecule has 2 N–H and O–H groups in total. The molecular weight excluding hydrogens is 441 g/mol. The van der Waals surface area contributed by atoms with Crippen molar-refractivity contribution in [2.24, 2.45) is 0 Å². The molecule has 0 radical (unpaired) electrons. The maximum absolute atomic E-state index is 13.6. The van der Waals surface area contributed by atoms with E-state index in [9.17, 15) is 19.1 Å². The first-order valence-corrected chi connectivity index (χ1v) is 10.1. The Hall–Kier alpha value is -3.50. The van der Waals surface area contributed by atoms with Gasteiger partial charge < -0.3 is 24.0 Å². The Balaban J connectivity index is 2.02. The summed E-state index contributed by atoms with van der Waals surface area (Å²) in [4.78, 5) is 25.1. The van der Waals surface area contributed by atoms with Gasteiger partial charge in [0.15, 0.2) is 12.0 Å². The molecule has 3 heterocycles. The zero-order valence-corrected chi connectivity index (χ0v) is 18.0. The highest BCUT2D eigenvalue weighted by molar-refractivity contribution is 6.30. The van der Waals surface area contributed by atoms with Gasteiger partial charge in [0.05, 0.1) is 22.6 Å². The Morgan fingerprint density at radius 2 is 2.12 bits per heavy atom. The number of carbonyl (C=O) groups excluding carboxylic acids is 1. The molecule has 0 saturated heterocycles. The van der Waals surface area contributed by atoms with Crippen molar-refractivity contribution in [3.63, 3.8) is 0 Å². The van der Waals surface area contributed by atoms with Gasteiger partial charge in [-0.15, -0.1) is 10.2 Å². The number of aromatic hydroxyl groups is 1. The molecule has 0 spiro atoms. The van der Waals surface area contributed by atoms with Gasteiger partial charge in [0.25, 0.3) is 11.4 Å². The molecule has 0 fully saturated rings. The molecule has 9 nitrogen and oxygen atoms in total. The summed E-state index contributed by atoms with van der Waals surface area (Å²) in [5, 5.41) is 21.5. The molecule has 0 aliphatic rings. The summed E-state index contributed by atoms with van der Waals surface area (Å²) in [5.41, 5.74) is 0.668. The van der Waals surface area contributed by atoms with Crippen molar-refractivity contribution in [2.45, 2.75) is 20.0 Å². The van der Waals surface area contributed by atoms with Gasteiger partial charge in [-0.3, -0.25) is 9.59 Å². The molecule has 0 bridgehead atoms. The molecule has 3 aromatic heterocycles. The predicted octanol–water partition coefficient (Wildman–Crippen LogP) is 2.74. The third-order valence-corrected chi connectivity index (χ3v) is 5.37. The van der Waals surface area contributed by atoms with Crippen molar-refractivity contribution in [1.29, 1.82) is 0 Å². The highest BCUT2D eigenvalue weighted by Gasteiger charge is 2.26. The van der Waals surface area contributed by atoms with Crippen LogP contribution in [0.2, 0.25) is 5.02 Å². The largest absolute Gasteiger partial charge is 0.505 e. The van der Waals surface area contributed by atoms with Crippen molar-refractivity contribution in [2.75, 3.05) is 13.6 Å². The van der Waals surface area contributed by atoms with Crippen LogP contribution in [0.3, 0.4) is 0 Å². The lowest BCUT2D eigenvalue weighted by Gasteiger charge is -2.12. The van der Waals surface area contributed by atoms with E-state index in [1.54, 1.807) is 18.5 Å². The fraction of sp³-hybridized carbons (Fsp3) is 0.238. The molecule has 32 heavy (non-hydrogen) atoms. The lowest BCUT2D eigenvalue weighted by Crippen LogP contribution is -2.22. The first-order valence-electron chi connectivity index (χ1n) is 9.68. The summed E-state index contributed by atoms with van der Waals surface area (Å²) in [6, 6.07) is 4.13.